The van der Waals surface area contributed by atoms with Gasteiger partial charge in [0.1, 0.15) is 18.4 Å². The molecule has 1 aliphatic heterocycles. The van der Waals surface area contributed by atoms with Crippen LogP contribution in [0.25, 0.3) is 11.0 Å². The minimum absolute atomic E-state index is 0.00600. The van der Waals surface area contributed by atoms with Crippen molar-refractivity contribution >= 4 is 34.2 Å². The van der Waals surface area contributed by atoms with Crippen molar-refractivity contribution in [2.75, 3.05) is 24.5 Å². The minimum Gasteiger partial charge on any atom is -0.365 e. The second kappa shape index (κ2) is 7.92. The second-order valence-corrected chi connectivity index (χ2v) is 7.83. The van der Waals surface area contributed by atoms with E-state index in [2.05, 4.69) is 10.1 Å². The van der Waals surface area contributed by atoms with Crippen LogP contribution in [0.3, 0.4) is 0 Å². The van der Waals surface area contributed by atoms with Crippen molar-refractivity contribution in [2.45, 2.75) is 26.4 Å². The Kier molecular flexibility index (Phi) is 5.31. The van der Waals surface area contributed by atoms with Gasteiger partial charge in [0.15, 0.2) is 11.3 Å². The molecule has 9 heteroatoms. The van der Waals surface area contributed by atoms with Crippen LogP contribution in [0.4, 0.5) is 10.1 Å². The first-order valence-corrected chi connectivity index (χ1v) is 9.98. The fraction of sp³-hybridized carbons (Fsp3) is 0.333. The number of hydrogen-bond acceptors (Lipinski definition) is 5. The number of hydrogen-bond donors (Lipinski definition) is 0. The van der Waals surface area contributed by atoms with E-state index in [1.165, 1.54) is 10.7 Å². The smallest absolute Gasteiger partial charge is 0.244 e. The molecule has 0 saturated carbocycles. The van der Waals surface area contributed by atoms with Crippen LogP contribution in [0.15, 0.2) is 30.5 Å². The topological polar surface area (TPSA) is 78.0 Å². The molecular weight excluding hydrogens is 407 g/mol. The molecule has 2 aromatic heterocycles. The van der Waals surface area contributed by atoms with Gasteiger partial charge in [0, 0.05) is 36.9 Å². The fourth-order valence-corrected chi connectivity index (χ4v) is 4.00. The number of aromatic nitrogens is 3. The molecule has 1 aromatic carbocycles. The number of aryl methyl sites for hydroxylation is 1. The monoisotopic (exact) mass is 426 g/mol. The number of amides is 1. The van der Waals surface area contributed by atoms with Crippen molar-refractivity contribution in [1.29, 1.82) is 5.26 Å². The Labute approximate surface area is 178 Å². The van der Waals surface area contributed by atoms with Gasteiger partial charge in [-0.25, -0.2) is 14.1 Å². The van der Waals surface area contributed by atoms with Gasteiger partial charge in [0.2, 0.25) is 5.91 Å². The highest BCUT2D eigenvalue weighted by Crippen LogP contribution is 2.28. The molecule has 0 aliphatic carbocycles. The summed E-state index contributed by atoms with van der Waals surface area (Å²) in [6, 6.07) is 8.49. The number of carbonyl (C=O) groups is 1. The van der Waals surface area contributed by atoms with Crippen LogP contribution < -0.4 is 4.90 Å². The Balaban J connectivity index is 1.50. The molecular formula is C21H20ClFN6O. The number of nitrogens with zero attached hydrogens (tertiary/aromatic N) is 6. The standard InChI is InChI=1S/C21H20ClFN6O/c1-13-8-19(17(23)9-16(13)22)27-6-7-28(14(2)11-27)20(30)12-29-21-15(4-3-5-25-21)18(10-24)26-29/h3-5,8-9,14H,6-7,11-12H2,1-2H3/t14-/m0/s1. The third kappa shape index (κ3) is 3.57. The number of anilines is 1. The van der Waals surface area contributed by atoms with E-state index in [-0.39, 0.29) is 30.0 Å². The van der Waals surface area contributed by atoms with Crippen LogP contribution in [-0.4, -0.2) is 51.2 Å². The quantitative estimate of drug-likeness (QED) is 0.643. The zero-order chi connectivity index (χ0) is 21.4. The molecule has 0 unspecified atom stereocenters. The number of rotatable bonds is 3. The highest BCUT2D eigenvalue weighted by Gasteiger charge is 2.29. The molecule has 1 saturated heterocycles. The number of carbonyl (C=O) groups excluding carboxylic acids is 1. The summed E-state index contributed by atoms with van der Waals surface area (Å²) < 4.78 is 15.9. The van der Waals surface area contributed by atoms with Gasteiger partial charge in [-0.1, -0.05) is 11.6 Å². The molecule has 7 nitrogen and oxygen atoms in total. The Hall–Kier alpha value is -3.18. The first-order valence-electron chi connectivity index (χ1n) is 9.60. The van der Waals surface area contributed by atoms with Gasteiger partial charge in [0.25, 0.3) is 0 Å². The minimum atomic E-state index is -0.365. The van der Waals surface area contributed by atoms with Crippen molar-refractivity contribution in [3.63, 3.8) is 0 Å². The fourth-order valence-electron chi connectivity index (χ4n) is 3.85. The number of nitriles is 1. The molecule has 1 fully saturated rings. The van der Waals surface area contributed by atoms with E-state index in [9.17, 15) is 14.4 Å². The molecule has 0 N–H and O–H groups in total. The summed E-state index contributed by atoms with van der Waals surface area (Å²) >= 11 is 6.00. The van der Waals surface area contributed by atoms with Crippen LogP contribution >= 0.6 is 11.6 Å². The number of pyridine rings is 1. The van der Waals surface area contributed by atoms with Gasteiger partial charge >= 0.3 is 0 Å². The summed E-state index contributed by atoms with van der Waals surface area (Å²) in [7, 11) is 0. The maximum Gasteiger partial charge on any atom is 0.244 e. The number of benzene rings is 1. The summed E-state index contributed by atoms with van der Waals surface area (Å²) in [6.07, 6.45) is 1.61. The van der Waals surface area contributed by atoms with Crippen LogP contribution in [0.1, 0.15) is 18.2 Å². The molecule has 0 bridgehead atoms. The van der Waals surface area contributed by atoms with Crippen LogP contribution in [0.5, 0.6) is 0 Å². The van der Waals surface area contributed by atoms with E-state index < -0.39 is 0 Å². The molecule has 1 atom stereocenters. The molecule has 3 heterocycles. The third-order valence-electron chi connectivity index (χ3n) is 5.41. The second-order valence-electron chi connectivity index (χ2n) is 7.43. The van der Waals surface area contributed by atoms with Crippen LogP contribution in [0.2, 0.25) is 5.02 Å². The lowest BCUT2D eigenvalue weighted by Crippen LogP contribution is -2.55. The lowest BCUT2D eigenvalue weighted by Gasteiger charge is -2.41. The van der Waals surface area contributed by atoms with Crippen LogP contribution in [0, 0.1) is 24.1 Å². The Bertz CT molecular complexity index is 1170. The molecule has 154 valence electrons. The summed E-state index contributed by atoms with van der Waals surface area (Å²) in [4.78, 5) is 20.9. The molecule has 1 amide bonds. The van der Waals surface area contributed by atoms with Crippen molar-refractivity contribution in [3.8, 4) is 6.07 Å². The average molecular weight is 427 g/mol. The molecule has 3 aromatic rings. The van der Waals surface area contributed by atoms with Crippen molar-refractivity contribution < 1.29 is 9.18 Å². The number of piperazine rings is 1. The predicted molar refractivity (Wildman–Crippen MR) is 112 cm³/mol. The van der Waals surface area contributed by atoms with E-state index in [0.29, 0.717) is 41.4 Å². The van der Waals surface area contributed by atoms with Gasteiger partial charge in [-0.05, 0) is 43.7 Å². The van der Waals surface area contributed by atoms with Gasteiger partial charge in [-0.2, -0.15) is 10.4 Å². The van der Waals surface area contributed by atoms with Gasteiger partial charge in [0.05, 0.1) is 11.1 Å². The van der Waals surface area contributed by atoms with E-state index in [0.717, 1.165) is 5.56 Å². The number of halogens is 2. The van der Waals surface area contributed by atoms with Gasteiger partial charge in [-0.15, -0.1) is 0 Å². The summed E-state index contributed by atoms with van der Waals surface area (Å²) in [5.41, 5.74) is 2.06. The van der Waals surface area contributed by atoms with Gasteiger partial charge < -0.3 is 9.80 Å². The molecule has 30 heavy (non-hydrogen) atoms. The first-order chi connectivity index (χ1) is 14.4. The normalized spacial score (nSPS) is 16.7. The maximum absolute atomic E-state index is 14.4. The largest absolute Gasteiger partial charge is 0.365 e. The predicted octanol–water partition coefficient (Wildman–Crippen LogP) is 3.14. The molecule has 1 aliphatic rings. The van der Waals surface area contributed by atoms with Crippen molar-refractivity contribution in [1.82, 2.24) is 19.7 Å². The first kappa shape index (κ1) is 20.1. The Morgan fingerprint density at radius 3 is 2.93 bits per heavy atom. The number of fused-ring (bicyclic) bond motifs is 1. The zero-order valence-corrected chi connectivity index (χ0v) is 17.4. The Morgan fingerprint density at radius 2 is 2.20 bits per heavy atom. The molecule has 4 rings (SSSR count). The van der Waals surface area contributed by atoms with Crippen molar-refractivity contribution in [2.24, 2.45) is 0 Å². The maximum atomic E-state index is 14.4. The van der Waals surface area contributed by atoms with E-state index in [1.54, 1.807) is 29.3 Å². The summed E-state index contributed by atoms with van der Waals surface area (Å²) in [6.45, 7) is 5.24. The third-order valence-corrected chi connectivity index (χ3v) is 5.82. The van der Waals surface area contributed by atoms with Crippen LogP contribution in [-0.2, 0) is 11.3 Å². The van der Waals surface area contributed by atoms with E-state index in [4.69, 9.17) is 11.6 Å². The molecule has 0 radical (unpaired) electrons. The van der Waals surface area contributed by atoms with Crippen molar-refractivity contribution in [3.05, 3.63) is 52.6 Å². The summed E-state index contributed by atoms with van der Waals surface area (Å²) in [5, 5.41) is 14.5. The lowest BCUT2D eigenvalue weighted by atomic mass is 10.1. The lowest BCUT2D eigenvalue weighted by molar-refractivity contribution is -0.134. The Morgan fingerprint density at radius 1 is 1.40 bits per heavy atom. The average Bonchev–Trinajstić information content (AvgIpc) is 3.08. The van der Waals surface area contributed by atoms with Gasteiger partial charge in [-0.3, -0.25) is 4.79 Å². The summed E-state index contributed by atoms with van der Waals surface area (Å²) in [5.74, 6) is -0.481. The molecule has 0 spiro atoms. The highest BCUT2D eigenvalue weighted by atomic mass is 35.5. The van der Waals surface area contributed by atoms with E-state index >= 15 is 0 Å². The zero-order valence-electron chi connectivity index (χ0n) is 16.6. The SMILES string of the molecule is Cc1cc(N2CCN(C(=O)Cn3nc(C#N)c4cccnc43)[C@@H](C)C2)c(F)cc1Cl. The highest BCUT2D eigenvalue weighted by molar-refractivity contribution is 6.31. The van der Waals surface area contributed by atoms with E-state index in [1.807, 2.05) is 24.8 Å².